The fraction of sp³-hybridized carbons (Fsp3) is 0.375. The highest BCUT2D eigenvalue weighted by Crippen LogP contribution is 2.40. The molecular formula is C16H19NO3S. The van der Waals surface area contributed by atoms with Crippen molar-refractivity contribution >= 4 is 11.3 Å². The molecule has 0 amide bonds. The van der Waals surface area contributed by atoms with E-state index in [1.165, 1.54) is 4.88 Å². The molecule has 2 heterocycles. The number of methoxy groups -OCH3 is 1. The van der Waals surface area contributed by atoms with Crippen molar-refractivity contribution in [2.75, 3.05) is 20.3 Å². The smallest absolute Gasteiger partial charge is 0.203 e. The van der Waals surface area contributed by atoms with Gasteiger partial charge in [0.25, 0.3) is 0 Å². The van der Waals surface area contributed by atoms with Gasteiger partial charge in [-0.15, -0.1) is 11.3 Å². The molecule has 1 aromatic carbocycles. The summed E-state index contributed by atoms with van der Waals surface area (Å²) in [6, 6.07) is 8.56. The third-order valence-corrected chi connectivity index (χ3v) is 4.53. The van der Waals surface area contributed by atoms with Gasteiger partial charge >= 0.3 is 0 Å². The zero-order valence-corrected chi connectivity index (χ0v) is 13.0. The van der Waals surface area contributed by atoms with E-state index >= 15 is 0 Å². The van der Waals surface area contributed by atoms with Gasteiger partial charge in [-0.3, -0.25) is 0 Å². The summed E-state index contributed by atoms with van der Waals surface area (Å²) in [5.41, 5.74) is 1.12. The van der Waals surface area contributed by atoms with Crippen LogP contribution in [0.5, 0.6) is 17.2 Å². The van der Waals surface area contributed by atoms with Gasteiger partial charge in [-0.1, -0.05) is 6.07 Å². The van der Waals surface area contributed by atoms with Gasteiger partial charge in [-0.2, -0.15) is 0 Å². The molecule has 112 valence electrons. The summed E-state index contributed by atoms with van der Waals surface area (Å²) < 4.78 is 16.7. The lowest BCUT2D eigenvalue weighted by molar-refractivity contribution is 0.165. The van der Waals surface area contributed by atoms with Crippen LogP contribution in [0.4, 0.5) is 0 Å². The van der Waals surface area contributed by atoms with Crippen molar-refractivity contribution in [3.05, 3.63) is 40.1 Å². The molecular weight excluding hydrogens is 286 g/mol. The zero-order chi connectivity index (χ0) is 14.7. The van der Waals surface area contributed by atoms with E-state index in [1.807, 2.05) is 12.1 Å². The monoisotopic (exact) mass is 305 g/mol. The Bertz CT molecular complexity index is 581. The van der Waals surface area contributed by atoms with Gasteiger partial charge in [0.05, 0.1) is 7.11 Å². The van der Waals surface area contributed by atoms with Gasteiger partial charge in [0.1, 0.15) is 13.2 Å². The predicted octanol–water partition coefficient (Wildman–Crippen LogP) is 3.38. The van der Waals surface area contributed by atoms with Crippen LogP contribution in [-0.4, -0.2) is 20.3 Å². The van der Waals surface area contributed by atoms with Crippen LogP contribution in [0.15, 0.2) is 29.6 Å². The Morgan fingerprint density at radius 2 is 2.19 bits per heavy atom. The van der Waals surface area contributed by atoms with Gasteiger partial charge in [0.2, 0.25) is 5.75 Å². The standard InChI is InChI=1S/C16H19NO3S/c1-11(15-4-3-7-21-15)17-10-12-8-13(18-2)16-14(9-12)19-5-6-20-16/h3-4,7-9,11,17H,5-6,10H2,1-2H3. The topological polar surface area (TPSA) is 39.7 Å². The number of hydrogen-bond donors (Lipinski definition) is 1. The van der Waals surface area contributed by atoms with E-state index in [9.17, 15) is 0 Å². The molecule has 0 aliphatic carbocycles. The number of nitrogens with one attached hydrogen (secondary N) is 1. The van der Waals surface area contributed by atoms with Gasteiger partial charge < -0.3 is 19.5 Å². The van der Waals surface area contributed by atoms with E-state index in [0.29, 0.717) is 25.0 Å². The van der Waals surface area contributed by atoms with E-state index in [2.05, 4.69) is 29.8 Å². The molecule has 5 heteroatoms. The van der Waals surface area contributed by atoms with E-state index in [-0.39, 0.29) is 0 Å². The predicted molar refractivity (Wildman–Crippen MR) is 83.6 cm³/mol. The minimum atomic E-state index is 0.323. The molecule has 0 saturated carbocycles. The Labute approximate surface area is 128 Å². The van der Waals surface area contributed by atoms with Gasteiger partial charge in [-0.25, -0.2) is 0 Å². The van der Waals surface area contributed by atoms with Crippen LogP contribution >= 0.6 is 11.3 Å². The third-order valence-electron chi connectivity index (χ3n) is 3.47. The Kier molecular flexibility index (Phi) is 4.31. The highest BCUT2D eigenvalue weighted by atomic mass is 32.1. The molecule has 0 saturated heterocycles. The van der Waals surface area contributed by atoms with E-state index in [1.54, 1.807) is 18.4 Å². The van der Waals surface area contributed by atoms with Gasteiger partial charge in [0, 0.05) is 17.5 Å². The van der Waals surface area contributed by atoms with Crippen molar-refractivity contribution in [1.82, 2.24) is 5.32 Å². The van der Waals surface area contributed by atoms with Crippen molar-refractivity contribution in [3.8, 4) is 17.2 Å². The molecule has 1 aliphatic heterocycles. The Balaban J connectivity index is 1.73. The molecule has 0 spiro atoms. The lowest BCUT2D eigenvalue weighted by Gasteiger charge is -2.22. The number of hydrogen-bond acceptors (Lipinski definition) is 5. The quantitative estimate of drug-likeness (QED) is 0.919. The van der Waals surface area contributed by atoms with Crippen molar-refractivity contribution in [2.45, 2.75) is 19.5 Å². The summed E-state index contributed by atoms with van der Waals surface area (Å²) in [5.74, 6) is 2.20. The highest BCUT2D eigenvalue weighted by Gasteiger charge is 2.18. The zero-order valence-electron chi connectivity index (χ0n) is 12.2. The minimum Gasteiger partial charge on any atom is -0.493 e. The van der Waals surface area contributed by atoms with Crippen LogP contribution in [0.2, 0.25) is 0 Å². The second kappa shape index (κ2) is 6.37. The van der Waals surface area contributed by atoms with Crippen molar-refractivity contribution < 1.29 is 14.2 Å². The number of fused-ring (bicyclic) bond motifs is 1. The first-order valence-corrected chi connectivity index (χ1v) is 7.89. The maximum absolute atomic E-state index is 5.65. The largest absolute Gasteiger partial charge is 0.493 e. The van der Waals surface area contributed by atoms with E-state index in [4.69, 9.17) is 14.2 Å². The first-order chi connectivity index (χ1) is 10.3. The number of benzene rings is 1. The number of rotatable bonds is 5. The highest BCUT2D eigenvalue weighted by molar-refractivity contribution is 7.10. The summed E-state index contributed by atoms with van der Waals surface area (Å²) in [5, 5.41) is 5.62. The fourth-order valence-corrected chi connectivity index (χ4v) is 3.10. The van der Waals surface area contributed by atoms with Gasteiger partial charge in [-0.05, 0) is 36.1 Å². The summed E-state index contributed by atoms with van der Waals surface area (Å²) in [7, 11) is 1.65. The first-order valence-electron chi connectivity index (χ1n) is 7.01. The van der Waals surface area contributed by atoms with Crippen LogP contribution in [-0.2, 0) is 6.54 Å². The fourth-order valence-electron chi connectivity index (χ4n) is 2.34. The lowest BCUT2D eigenvalue weighted by atomic mass is 10.1. The summed E-state index contributed by atoms with van der Waals surface area (Å²) >= 11 is 1.76. The minimum absolute atomic E-state index is 0.323. The van der Waals surface area contributed by atoms with Crippen LogP contribution < -0.4 is 19.5 Å². The number of thiophene rings is 1. The SMILES string of the molecule is COc1cc(CNC(C)c2cccs2)cc2c1OCCO2. The van der Waals surface area contributed by atoms with Crippen molar-refractivity contribution in [1.29, 1.82) is 0 Å². The maximum atomic E-state index is 5.65. The average Bonchev–Trinajstić information content (AvgIpc) is 3.06. The third kappa shape index (κ3) is 3.14. The molecule has 1 aliphatic rings. The van der Waals surface area contributed by atoms with Crippen LogP contribution in [0.3, 0.4) is 0 Å². The molecule has 0 bridgehead atoms. The molecule has 0 fully saturated rings. The normalized spacial score (nSPS) is 14.8. The maximum Gasteiger partial charge on any atom is 0.203 e. The molecule has 1 unspecified atom stereocenters. The number of ether oxygens (including phenoxy) is 3. The Hall–Kier alpha value is -1.72. The second-order valence-corrected chi connectivity index (χ2v) is 5.92. The lowest BCUT2D eigenvalue weighted by Crippen LogP contribution is -2.19. The molecule has 0 radical (unpaired) electrons. The molecule has 4 nitrogen and oxygen atoms in total. The first kappa shape index (κ1) is 14.2. The average molecular weight is 305 g/mol. The Morgan fingerprint density at radius 3 is 2.95 bits per heavy atom. The summed E-state index contributed by atoms with van der Waals surface area (Å²) in [6.45, 7) is 4.07. The molecule has 3 rings (SSSR count). The van der Waals surface area contributed by atoms with Crippen molar-refractivity contribution in [2.24, 2.45) is 0 Å². The summed E-state index contributed by atoms with van der Waals surface area (Å²) in [6.07, 6.45) is 0. The Morgan fingerprint density at radius 1 is 1.33 bits per heavy atom. The van der Waals surface area contributed by atoms with E-state index < -0.39 is 0 Å². The van der Waals surface area contributed by atoms with Crippen LogP contribution in [0.1, 0.15) is 23.4 Å². The van der Waals surface area contributed by atoms with E-state index in [0.717, 1.165) is 23.6 Å². The molecule has 1 atom stereocenters. The van der Waals surface area contributed by atoms with Crippen LogP contribution in [0.25, 0.3) is 0 Å². The molecule has 1 aromatic heterocycles. The molecule has 2 aromatic rings. The van der Waals surface area contributed by atoms with Crippen molar-refractivity contribution in [3.63, 3.8) is 0 Å². The summed E-state index contributed by atoms with van der Waals surface area (Å²) in [4.78, 5) is 1.33. The molecule has 1 N–H and O–H groups in total. The van der Waals surface area contributed by atoms with Gasteiger partial charge in [0.15, 0.2) is 11.5 Å². The second-order valence-electron chi connectivity index (χ2n) is 4.94. The molecule has 21 heavy (non-hydrogen) atoms. The van der Waals surface area contributed by atoms with Crippen LogP contribution in [0, 0.1) is 0 Å².